The first-order chi connectivity index (χ1) is 17.7. The minimum atomic E-state index is -0.456. The molecule has 0 saturated carbocycles. The Morgan fingerprint density at radius 3 is 2.19 bits per heavy atom. The highest BCUT2D eigenvalue weighted by Crippen LogP contribution is 2.36. The molecule has 37 heavy (non-hydrogen) atoms. The Morgan fingerprint density at radius 1 is 0.946 bits per heavy atom. The monoisotopic (exact) mass is 505 g/mol. The lowest BCUT2D eigenvalue weighted by Gasteiger charge is -2.20. The van der Waals surface area contributed by atoms with Crippen molar-refractivity contribution >= 4 is 23.4 Å². The van der Waals surface area contributed by atoms with E-state index in [1.54, 1.807) is 0 Å². The van der Waals surface area contributed by atoms with Gasteiger partial charge in [-0.25, -0.2) is 4.98 Å². The first-order valence-electron chi connectivity index (χ1n) is 12.3. The molecule has 0 spiro atoms. The summed E-state index contributed by atoms with van der Waals surface area (Å²) in [5.41, 5.74) is 7.09. The number of aryl methyl sites for hydroxylation is 1. The van der Waals surface area contributed by atoms with Crippen LogP contribution in [0.1, 0.15) is 44.4 Å². The Labute approximate surface area is 223 Å². The molecule has 1 aromatic heterocycles. The van der Waals surface area contributed by atoms with E-state index in [1.807, 2.05) is 74.5 Å². The first-order valence-corrected chi connectivity index (χ1v) is 13.2. The molecule has 0 aliphatic rings. The van der Waals surface area contributed by atoms with Gasteiger partial charge < -0.3 is 5.32 Å². The molecule has 0 fully saturated rings. The lowest BCUT2D eigenvalue weighted by Crippen LogP contribution is -2.22. The average molecular weight is 506 g/mol. The number of nitriles is 1. The van der Waals surface area contributed by atoms with Crippen molar-refractivity contribution < 1.29 is 4.79 Å². The maximum absolute atomic E-state index is 13.0. The summed E-state index contributed by atoms with van der Waals surface area (Å²) in [7, 11) is 0. The van der Waals surface area contributed by atoms with Crippen LogP contribution in [0.15, 0.2) is 90.0 Å². The smallest absolute Gasteiger partial charge is 0.237 e. The largest absolute Gasteiger partial charge is 0.325 e. The molecule has 1 amide bonds. The summed E-state index contributed by atoms with van der Waals surface area (Å²) in [5.74, 6) is -0.138. The highest BCUT2D eigenvalue weighted by molar-refractivity contribution is 8.00. The number of pyridine rings is 1. The average Bonchev–Trinajstić information content (AvgIpc) is 2.89. The molecule has 0 aliphatic carbocycles. The van der Waals surface area contributed by atoms with Crippen molar-refractivity contribution in [2.45, 2.75) is 50.3 Å². The molecule has 0 unspecified atom stereocenters. The van der Waals surface area contributed by atoms with E-state index in [0.29, 0.717) is 10.6 Å². The lowest BCUT2D eigenvalue weighted by atomic mass is 9.86. The predicted octanol–water partition coefficient (Wildman–Crippen LogP) is 8.01. The van der Waals surface area contributed by atoms with E-state index >= 15 is 0 Å². The number of nitrogens with one attached hydrogen (secondary N) is 1. The fourth-order valence-corrected chi connectivity index (χ4v) is 4.88. The predicted molar refractivity (Wildman–Crippen MR) is 154 cm³/mol. The molecule has 0 radical (unpaired) electrons. The van der Waals surface area contributed by atoms with Gasteiger partial charge in [0.2, 0.25) is 5.91 Å². The number of thioether (sulfide) groups is 1. The number of carbonyl (C=O) groups excluding carboxylic acids is 1. The van der Waals surface area contributed by atoms with E-state index in [-0.39, 0.29) is 11.3 Å². The minimum Gasteiger partial charge on any atom is -0.325 e. The van der Waals surface area contributed by atoms with Crippen LogP contribution in [0.3, 0.4) is 0 Å². The van der Waals surface area contributed by atoms with Crippen molar-refractivity contribution in [2.75, 3.05) is 5.32 Å². The number of amides is 1. The number of anilines is 1. The number of aromatic nitrogens is 1. The second-order valence-electron chi connectivity index (χ2n) is 10.2. The van der Waals surface area contributed by atoms with E-state index in [0.717, 1.165) is 33.6 Å². The Hall–Kier alpha value is -3.88. The molecule has 186 valence electrons. The highest BCUT2D eigenvalue weighted by Gasteiger charge is 2.22. The van der Waals surface area contributed by atoms with Gasteiger partial charge in [-0.05, 0) is 48.6 Å². The number of carbonyl (C=O) groups is 1. The van der Waals surface area contributed by atoms with Crippen molar-refractivity contribution in [1.29, 1.82) is 5.26 Å². The number of rotatable bonds is 6. The van der Waals surface area contributed by atoms with E-state index < -0.39 is 5.25 Å². The summed E-state index contributed by atoms with van der Waals surface area (Å²) in [6, 6.07) is 30.3. The maximum Gasteiger partial charge on any atom is 0.237 e. The van der Waals surface area contributed by atoms with E-state index in [2.05, 4.69) is 56.4 Å². The molecule has 3 aromatic carbocycles. The molecule has 4 aromatic rings. The molecule has 4 nitrogen and oxygen atoms in total. The fourth-order valence-electron chi connectivity index (χ4n) is 3.95. The standard InChI is InChI=1S/C32H31N3OS/c1-21-11-17-26(18-12-21)34-30(36)22(2)37-31-28(20-33)27(19-29(35-31)24-9-7-6-8-10-24)23-13-15-25(16-14-23)32(3,4)5/h6-19,22H,1-5H3,(H,34,36)/t22-/m0/s1. The second-order valence-corrected chi connectivity index (χ2v) is 11.5. The number of hydrogen-bond donors (Lipinski definition) is 1. The maximum atomic E-state index is 13.0. The fraction of sp³-hybridized carbons (Fsp3) is 0.219. The Bertz CT molecular complexity index is 1430. The SMILES string of the molecule is Cc1ccc(NC(=O)[C@H](C)Sc2nc(-c3ccccc3)cc(-c3ccc(C(C)(C)C)cc3)c2C#N)cc1. The van der Waals surface area contributed by atoms with Crippen LogP contribution in [0, 0.1) is 18.3 Å². The van der Waals surface area contributed by atoms with Crippen LogP contribution in [0.2, 0.25) is 0 Å². The molecular weight excluding hydrogens is 474 g/mol. The second kappa shape index (κ2) is 11.0. The number of benzene rings is 3. The minimum absolute atomic E-state index is 0.0330. The Balaban J connectivity index is 1.73. The van der Waals surface area contributed by atoms with Gasteiger partial charge >= 0.3 is 0 Å². The molecule has 5 heteroatoms. The first kappa shape index (κ1) is 26.2. The summed E-state index contributed by atoms with van der Waals surface area (Å²) in [4.78, 5) is 17.9. The van der Waals surface area contributed by atoms with Crippen LogP contribution >= 0.6 is 11.8 Å². The van der Waals surface area contributed by atoms with Crippen LogP contribution in [-0.2, 0) is 10.2 Å². The summed E-state index contributed by atoms with van der Waals surface area (Å²) < 4.78 is 0. The lowest BCUT2D eigenvalue weighted by molar-refractivity contribution is -0.115. The molecule has 0 bridgehead atoms. The molecule has 1 atom stereocenters. The van der Waals surface area contributed by atoms with Crippen molar-refractivity contribution in [3.05, 3.63) is 102 Å². The summed E-state index contributed by atoms with van der Waals surface area (Å²) in [6.07, 6.45) is 0. The van der Waals surface area contributed by atoms with Crippen LogP contribution in [0.25, 0.3) is 22.4 Å². The Morgan fingerprint density at radius 2 is 1.59 bits per heavy atom. The molecule has 0 aliphatic heterocycles. The molecule has 0 saturated heterocycles. The van der Waals surface area contributed by atoms with E-state index in [9.17, 15) is 10.1 Å². The van der Waals surface area contributed by atoms with Gasteiger partial charge in [0.25, 0.3) is 0 Å². The van der Waals surface area contributed by atoms with E-state index in [1.165, 1.54) is 17.3 Å². The van der Waals surface area contributed by atoms with Crippen LogP contribution in [0.4, 0.5) is 5.69 Å². The molecule has 1 heterocycles. The van der Waals surface area contributed by atoms with Crippen molar-refractivity contribution in [1.82, 2.24) is 4.98 Å². The third-order valence-electron chi connectivity index (χ3n) is 6.21. The summed E-state index contributed by atoms with van der Waals surface area (Å²) in [5, 5.41) is 13.3. The zero-order valence-corrected chi connectivity index (χ0v) is 22.7. The van der Waals surface area contributed by atoms with Gasteiger partial charge in [0.1, 0.15) is 11.1 Å². The normalized spacial score (nSPS) is 12.0. The highest BCUT2D eigenvalue weighted by atomic mass is 32.2. The zero-order valence-electron chi connectivity index (χ0n) is 21.9. The molecular formula is C32H31N3OS. The van der Waals surface area contributed by atoms with Gasteiger partial charge in [-0.1, -0.05) is 105 Å². The topological polar surface area (TPSA) is 65.8 Å². The van der Waals surface area contributed by atoms with Gasteiger partial charge in [0.05, 0.1) is 16.5 Å². The third-order valence-corrected chi connectivity index (χ3v) is 7.29. The van der Waals surface area contributed by atoms with Gasteiger partial charge in [-0.15, -0.1) is 0 Å². The van der Waals surface area contributed by atoms with Crippen LogP contribution in [0.5, 0.6) is 0 Å². The van der Waals surface area contributed by atoms with Gasteiger partial charge in [0, 0.05) is 16.8 Å². The summed E-state index contributed by atoms with van der Waals surface area (Å²) in [6.45, 7) is 10.4. The molecule has 1 N–H and O–H groups in total. The number of nitrogens with zero attached hydrogens (tertiary/aromatic N) is 2. The van der Waals surface area contributed by atoms with Crippen molar-refractivity contribution in [3.8, 4) is 28.5 Å². The van der Waals surface area contributed by atoms with Crippen LogP contribution < -0.4 is 5.32 Å². The zero-order chi connectivity index (χ0) is 26.6. The van der Waals surface area contributed by atoms with Gasteiger partial charge in [0.15, 0.2) is 0 Å². The summed E-state index contributed by atoms with van der Waals surface area (Å²) >= 11 is 1.30. The Kier molecular flexibility index (Phi) is 7.80. The van der Waals surface area contributed by atoms with Gasteiger partial charge in [-0.2, -0.15) is 5.26 Å². The number of hydrogen-bond acceptors (Lipinski definition) is 4. The van der Waals surface area contributed by atoms with Crippen molar-refractivity contribution in [2.24, 2.45) is 0 Å². The van der Waals surface area contributed by atoms with Gasteiger partial charge in [-0.3, -0.25) is 4.79 Å². The van der Waals surface area contributed by atoms with Crippen LogP contribution in [-0.4, -0.2) is 16.1 Å². The quantitative estimate of drug-likeness (QED) is 0.270. The third kappa shape index (κ3) is 6.28. The molecule has 4 rings (SSSR count). The van der Waals surface area contributed by atoms with Crippen molar-refractivity contribution in [3.63, 3.8) is 0 Å². The van der Waals surface area contributed by atoms with E-state index in [4.69, 9.17) is 4.98 Å².